The van der Waals surface area contributed by atoms with Gasteiger partial charge in [0.1, 0.15) is 0 Å². The molecule has 73 valence electrons. The van der Waals surface area contributed by atoms with Gasteiger partial charge < -0.3 is 5.32 Å². The molecule has 0 aliphatic heterocycles. The number of hydrogen-bond donors (Lipinski definition) is 1. The minimum atomic E-state index is -0.0453. The van der Waals surface area contributed by atoms with E-state index < -0.39 is 0 Å². The van der Waals surface area contributed by atoms with Crippen LogP contribution in [0.2, 0.25) is 0 Å². The topological polar surface area (TPSA) is 29.1 Å². The van der Waals surface area contributed by atoms with Crippen molar-refractivity contribution in [2.45, 2.75) is 6.92 Å². The van der Waals surface area contributed by atoms with E-state index in [-0.39, 0.29) is 5.91 Å². The van der Waals surface area contributed by atoms with Gasteiger partial charge in [0.15, 0.2) is 0 Å². The number of rotatable bonds is 4. The summed E-state index contributed by atoms with van der Waals surface area (Å²) in [6.45, 7) is 5.86. The van der Waals surface area contributed by atoms with Crippen LogP contribution in [-0.2, 0) is 4.79 Å². The standard InChI is InChI=1S/C12H14NO/c1-3-9-13-12(14)10(2)11-7-5-4-6-8-11/h3-8H,1,9H2,2H3,(H,13,14). The van der Waals surface area contributed by atoms with E-state index in [2.05, 4.69) is 11.9 Å². The number of carbonyl (C=O) groups excluding carboxylic acids is 1. The molecule has 0 spiro atoms. The highest BCUT2D eigenvalue weighted by Crippen LogP contribution is 2.12. The summed E-state index contributed by atoms with van der Waals surface area (Å²) in [4.78, 5) is 11.5. The fourth-order valence-corrected chi connectivity index (χ4v) is 1.12. The Bertz CT molecular complexity index is 305. The Morgan fingerprint density at radius 2 is 2.07 bits per heavy atom. The average molecular weight is 188 g/mol. The molecule has 0 unspecified atom stereocenters. The van der Waals surface area contributed by atoms with Crippen LogP contribution in [0.15, 0.2) is 43.0 Å². The first-order valence-corrected chi connectivity index (χ1v) is 4.53. The third-order valence-corrected chi connectivity index (χ3v) is 1.95. The zero-order chi connectivity index (χ0) is 10.4. The van der Waals surface area contributed by atoms with Crippen LogP contribution in [0.25, 0.3) is 0 Å². The van der Waals surface area contributed by atoms with Crippen LogP contribution in [0, 0.1) is 5.92 Å². The number of hydrogen-bond acceptors (Lipinski definition) is 1. The molecule has 0 aliphatic rings. The quantitative estimate of drug-likeness (QED) is 0.719. The van der Waals surface area contributed by atoms with Gasteiger partial charge in [-0.05, 0) is 12.5 Å². The minimum Gasteiger partial charge on any atom is -0.352 e. The predicted molar refractivity (Wildman–Crippen MR) is 57.7 cm³/mol. The Kier molecular flexibility index (Phi) is 3.92. The van der Waals surface area contributed by atoms with Gasteiger partial charge in [-0.1, -0.05) is 36.4 Å². The van der Waals surface area contributed by atoms with Crippen LogP contribution in [0.3, 0.4) is 0 Å². The van der Waals surface area contributed by atoms with Crippen molar-refractivity contribution in [1.82, 2.24) is 5.32 Å². The van der Waals surface area contributed by atoms with Crippen molar-refractivity contribution >= 4 is 5.91 Å². The summed E-state index contributed by atoms with van der Waals surface area (Å²) in [5.74, 6) is 0.684. The van der Waals surface area contributed by atoms with Gasteiger partial charge in [0.05, 0.1) is 5.92 Å². The largest absolute Gasteiger partial charge is 0.352 e. The highest BCUT2D eigenvalue weighted by atomic mass is 16.1. The molecule has 1 aromatic rings. The van der Waals surface area contributed by atoms with Crippen LogP contribution in [0.4, 0.5) is 0 Å². The fourth-order valence-electron chi connectivity index (χ4n) is 1.12. The molecule has 1 N–H and O–H groups in total. The first-order chi connectivity index (χ1) is 6.75. The Morgan fingerprint density at radius 1 is 1.43 bits per heavy atom. The van der Waals surface area contributed by atoms with Crippen molar-refractivity contribution < 1.29 is 4.79 Å². The maximum Gasteiger partial charge on any atom is 0.232 e. The summed E-state index contributed by atoms with van der Waals surface area (Å²) in [7, 11) is 0. The van der Waals surface area contributed by atoms with Gasteiger partial charge in [0.2, 0.25) is 5.91 Å². The Hall–Kier alpha value is -1.57. The zero-order valence-corrected chi connectivity index (χ0v) is 8.29. The van der Waals surface area contributed by atoms with Gasteiger partial charge in [-0.3, -0.25) is 4.79 Å². The lowest BCUT2D eigenvalue weighted by atomic mass is 10.0. The monoisotopic (exact) mass is 188 g/mol. The summed E-state index contributed by atoms with van der Waals surface area (Å²) < 4.78 is 0. The highest BCUT2D eigenvalue weighted by molar-refractivity contribution is 5.93. The molecule has 14 heavy (non-hydrogen) atoms. The molecule has 0 atom stereocenters. The normalized spacial score (nSPS) is 9.86. The van der Waals surface area contributed by atoms with Crippen molar-refractivity contribution in [2.75, 3.05) is 6.54 Å². The number of carbonyl (C=O) groups is 1. The van der Waals surface area contributed by atoms with Crippen molar-refractivity contribution in [2.24, 2.45) is 0 Å². The third-order valence-electron chi connectivity index (χ3n) is 1.95. The molecule has 0 aromatic heterocycles. The molecule has 0 aliphatic carbocycles. The molecular weight excluding hydrogens is 174 g/mol. The van der Waals surface area contributed by atoms with E-state index in [1.807, 2.05) is 37.3 Å². The highest BCUT2D eigenvalue weighted by Gasteiger charge is 2.14. The fraction of sp³-hybridized carbons (Fsp3) is 0.167. The van der Waals surface area contributed by atoms with Crippen LogP contribution in [-0.4, -0.2) is 12.5 Å². The zero-order valence-electron chi connectivity index (χ0n) is 8.29. The molecule has 0 heterocycles. The van der Waals surface area contributed by atoms with Crippen LogP contribution >= 0.6 is 0 Å². The van der Waals surface area contributed by atoms with E-state index in [0.29, 0.717) is 6.54 Å². The maximum atomic E-state index is 11.5. The van der Waals surface area contributed by atoms with Crippen LogP contribution in [0.1, 0.15) is 12.5 Å². The molecule has 1 radical (unpaired) electrons. The lowest BCUT2D eigenvalue weighted by Gasteiger charge is -2.10. The van der Waals surface area contributed by atoms with Gasteiger partial charge in [-0.2, -0.15) is 0 Å². The summed E-state index contributed by atoms with van der Waals surface area (Å²) in [6, 6.07) is 9.60. The molecule has 0 saturated carbocycles. The first kappa shape index (κ1) is 10.5. The Balaban J connectivity index is 2.61. The van der Waals surface area contributed by atoms with E-state index in [9.17, 15) is 4.79 Å². The van der Waals surface area contributed by atoms with E-state index in [4.69, 9.17) is 0 Å². The molecule has 1 rings (SSSR count). The molecular formula is C12H14NO. The second-order valence-electron chi connectivity index (χ2n) is 2.99. The first-order valence-electron chi connectivity index (χ1n) is 4.53. The molecule has 1 amide bonds. The average Bonchev–Trinajstić information content (AvgIpc) is 2.26. The Labute approximate surface area is 84.6 Å². The minimum absolute atomic E-state index is 0.0453. The van der Waals surface area contributed by atoms with Crippen LogP contribution < -0.4 is 5.32 Å². The predicted octanol–water partition coefficient (Wildman–Crippen LogP) is 1.93. The third kappa shape index (κ3) is 2.73. The van der Waals surface area contributed by atoms with Crippen molar-refractivity contribution in [3.05, 3.63) is 54.5 Å². The number of benzene rings is 1. The summed E-state index contributed by atoms with van der Waals surface area (Å²) in [5, 5.41) is 2.74. The summed E-state index contributed by atoms with van der Waals surface area (Å²) in [6.07, 6.45) is 1.66. The lowest BCUT2D eigenvalue weighted by Crippen LogP contribution is -2.28. The van der Waals surface area contributed by atoms with E-state index in [1.54, 1.807) is 6.08 Å². The van der Waals surface area contributed by atoms with E-state index >= 15 is 0 Å². The van der Waals surface area contributed by atoms with E-state index in [0.717, 1.165) is 11.5 Å². The Morgan fingerprint density at radius 3 is 2.64 bits per heavy atom. The second-order valence-corrected chi connectivity index (χ2v) is 2.99. The van der Waals surface area contributed by atoms with E-state index in [1.165, 1.54) is 0 Å². The summed E-state index contributed by atoms with van der Waals surface area (Å²) in [5.41, 5.74) is 0.953. The van der Waals surface area contributed by atoms with Gasteiger partial charge >= 0.3 is 0 Å². The van der Waals surface area contributed by atoms with Crippen LogP contribution in [0.5, 0.6) is 0 Å². The second kappa shape index (κ2) is 5.22. The molecule has 0 saturated heterocycles. The van der Waals surface area contributed by atoms with Gasteiger partial charge in [-0.15, -0.1) is 6.58 Å². The molecule has 2 heteroatoms. The molecule has 1 aromatic carbocycles. The molecule has 0 bridgehead atoms. The summed E-state index contributed by atoms with van der Waals surface area (Å²) >= 11 is 0. The smallest absolute Gasteiger partial charge is 0.232 e. The number of nitrogens with one attached hydrogen (secondary N) is 1. The van der Waals surface area contributed by atoms with Crippen molar-refractivity contribution in [3.63, 3.8) is 0 Å². The van der Waals surface area contributed by atoms with Gasteiger partial charge in [-0.25, -0.2) is 0 Å². The van der Waals surface area contributed by atoms with Gasteiger partial charge in [0.25, 0.3) is 0 Å². The molecule has 2 nitrogen and oxygen atoms in total. The maximum absolute atomic E-state index is 11.5. The van der Waals surface area contributed by atoms with Crippen molar-refractivity contribution in [1.29, 1.82) is 0 Å². The number of amides is 1. The van der Waals surface area contributed by atoms with Crippen molar-refractivity contribution in [3.8, 4) is 0 Å². The molecule has 0 fully saturated rings. The van der Waals surface area contributed by atoms with Gasteiger partial charge in [0, 0.05) is 6.54 Å². The SMILES string of the molecule is C=CCNC(=O)[C](C)c1ccccc1. The lowest BCUT2D eigenvalue weighted by molar-refractivity contribution is -0.118.